The molecule has 0 bridgehead atoms. The van der Waals surface area contributed by atoms with Gasteiger partial charge in [0.05, 0.1) is 12.6 Å². The molecule has 92 valence electrons. The average molecular weight is 363 g/mol. The third kappa shape index (κ3) is 2.89. The smallest absolute Gasteiger partial charge is 0.254 e. The molecule has 1 saturated heterocycles. The first kappa shape index (κ1) is 13.1. The Bertz CT molecular complexity index is 416. The summed E-state index contributed by atoms with van der Waals surface area (Å²) in [6, 6.07) is 5.48. The molecule has 3 nitrogen and oxygen atoms in total. The minimum atomic E-state index is -0.0275. The van der Waals surface area contributed by atoms with E-state index in [4.69, 9.17) is 0 Å². The van der Waals surface area contributed by atoms with Crippen LogP contribution in [0.1, 0.15) is 23.2 Å². The van der Waals surface area contributed by atoms with Gasteiger partial charge in [0, 0.05) is 21.1 Å². The van der Waals surface area contributed by atoms with Crippen molar-refractivity contribution >= 4 is 37.8 Å². The number of hydrogen-bond acceptors (Lipinski definition) is 2. The number of carbonyl (C=O) groups excluding carboxylic acids is 1. The van der Waals surface area contributed by atoms with Gasteiger partial charge in [-0.25, -0.2) is 0 Å². The Hall–Kier alpha value is -0.390. The lowest BCUT2D eigenvalue weighted by atomic mass is 10.2. The monoisotopic (exact) mass is 361 g/mol. The maximum atomic E-state index is 12.3. The quantitative estimate of drug-likeness (QED) is 0.878. The van der Waals surface area contributed by atoms with Crippen LogP contribution >= 0.6 is 31.9 Å². The molecule has 1 atom stereocenters. The van der Waals surface area contributed by atoms with Crippen molar-refractivity contribution in [2.45, 2.75) is 18.9 Å². The summed E-state index contributed by atoms with van der Waals surface area (Å²) in [5, 5.41) is 9.23. The number of hydrogen-bond donors (Lipinski definition) is 1. The first-order valence-corrected chi connectivity index (χ1v) is 7.08. The molecule has 2 rings (SSSR count). The lowest BCUT2D eigenvalue weighted by Crippen LogP contribution is -2.37. The standard InChI is InChI=1S/C12H13Br2NO2/c13-9-4-8(5-10(14)6-9)12(17)15-3-1-2-11(15)7-16/h4-6,11,16H,1-3,7H2/t11-/m0/s1. The van der Waals surface area contributed by atoms with Gasteiger partial charge in [0.15, 0.2) is 0 Å². The van der Waals surface area contributed by atoms with Crippen molar-refractivity contribution in [3.8, 4) is 0 Å². The molecule has 1 aromatic carbocycles. The minimum Gasteiger partial charge on any atom is -0.394 e. The molecule has 17 heavy (non-hydrogen) atoms. The summed E-state index contributed by atoms with van der Waals surface area (Å²) in [6.07, 6.45) is 1.85. The summed E-state index contributed by atoms with van der Waals surface area (Å²) >= 11 is 6.74. The van der Waals surface area contributed by atoms with Gasteiger partial charge < -0.3 is 10.0 Å². The van der Waals surface area contributed by atoms with Crippen molar-refractivity contribution in [1.82, 2.24) is 4.90 Å². The van der Waals surface area contributed by atoms with Gasteiger partial charge in [-0.05, 0) is 31.0 Å². The van der Waals surface area contributed by atoms with E-state index in [1.54, 1.807) is 17.0 Å². The molecule has 0 aliphatic carbocycles. The summed E-state index contributed by atoms with van der Waals surface area (Å²) in [5.74, 6) is -0.0106. The molecule has 5 heteroatoms. The fourth-order valence-corrected chi connectivity index (χ4v) is 3.43. The van der Waals surface area contributed by atoms with E-state index in [9.17, 15) is 9.90 Å². The molecule has 1 aliphatic heterocycles. The molecule has 1 amide bonds. The van der Waals surface area contributed by atoms with E-state index < -0.39 is 0 Å². The van der Waals surface area contributed by atoms with Gasteiger partial charge in [0.25, 0.3) is 5.91 Å². The minimum absolute atomic E-state index is 0.0106. The van der Waals surface area contributed by atoms with Crippen LogP contribution in [-0.2, 0) is 0 Å². The fourth-order valence-electron chi connectivity index (χ4n) is 2.14. The van der Waals surface area contributed by atoms with Gasteiger partial charge in [0.1, 0.15) is 0 Å². The maximum absolute atomic E-state index is 12.3. The second-order valence-electron chi connectivity index (χ2n) is 4.14. The van der Waals surface area contributed by atoms with Crippen molar-refractivity contribution in [2.24, 2.45) is 0 Å². The lowest BCUT2D eigenvalue weighted by Gasteiger charge is -2.23. The van der Waals surface area contributed by atoms with Crippen LogP contribution in [0.2, 0.25) is 0 Å². The Morgan fingerprint density at radius 1 is 1.35 bits per heavy atom. The molecule has 1 N–H and O–H groups in total. The van der Waals surface area contributed by atoms with Gasteiger partial charge in [-0.2, -0.15) is 0 Å². The summed E-state index contributed by atoms with van der Waals surface area (Å²) in [4.78, 5) is 14.1. The molecule has 1 aliphatic rings. The summed E-state index contributed by atoms with van der Waals surface area (Å²) in [7, 11) is 0. The zero-order valence-electron chi connectivity index (χ0n) is 9.20. The average Bonchev–Trinajstić information content (AvgIpc) is 2.74. The van der Waals surface area contributed by atoms with Crippen molar-refractivity contribution in [2.75, 3.05) is 13.2 Å². The molecule has 0 spiro atoms. The number of carbonyl (C=O) groups is 1. The lowest BCUT2D eigenvalue weighted by molar-refractivity contribution is 0.0677. The Morgan fingerprint density at radius 3 is 2.59 bits per heavy atom. The molecular formula is C12H13Br2NO2. The fraction of sp³-hybridized carbons (Fsp3) is 0.417. The molecule has 0 unspecified atom stereocenters. The van der Waals surface area contributed by atoms with E-state index in [1.807, 2.05) is 6.07 Å². The van der Waals surface area contributed by atoms with Gasteiger partial charge in [-0.3, -0.25) is 4.79 Å². The Balaban J connectivity index is 2.24. The molecule has 0 saturated carbocycles. The van der Waals surface area contributed by atoms with Crippen LogP contribution in [0.25, 0.3) is 0 Å². The van der Waals surface area contributed by atoms with E-state index >= 15 is 0 Å². The molecule has 1 fully saturated rings. The van der Waals surface area contributed by atoms with Gasteiger partial charge >= 0.3 is 0 Å². The second kappa shape index (κ2) is 5.50. The second-order valence-corrected chi connectivity index (χ2v) is 5.97. The van der Waals surface area contributed by atoms with E-state index in [1.165, 1.54) is 0 Å². The largest absolute Gasteiger partial charge is 0.394 e. The van der Waals surface area contributed by atoms with Crippen molar-refractivity contribution < 1.29 is 9.90 Å². The van der Waals surface area contributed by atoms with Crippen molar-refractivity contribution in [3.05, 3.63) is 32.7 Å². The van der Waals surface area contributed by atoms with E-state index in [-0.39, 0.29) is 18.6 Å². The number of aliphatic hydroxyl groups is 1. The summed E-state index contributed by atoms with van der Waals surface area (Å²) < 4.78 is 1.74. The van der Waals surface area contributed by atoms with Gasteiger partial charge in [0.2, 0.25) is 0 Å². The predicted octanol–water partition coefficient (Wildman–Crippen LogP) is 2.81. The highest BCUT2D eigenvalue weighted by Crippen LogP contribution is 2.24. The van der Waals surface area contributed by atoms with Crippen LogP contribution < -0.4 is 0 Å². The number of rotatable bonds is 2. The number of likely N-dealkylation sites (tertiary alicyclic amines) is 1. The summed E-state index contributed by atoms with van der Waals surface area (Å²) in [6.45, 7) is 0.773. The van der Waals surface area contributed by atoms with E-state index in [0.29, 0.717) is 5.56 Å². The van der Waals surface area contributed by atoms with Crippen LogP contribution in [0.15, 0.2) is 27.1 Å². The first-order chi connectivity index (χ1) is 8.11. The normalized spacial score (nSPS) is 19.7. The zero-order chi connectivity index (χ0) is 12.4. The molecular weight excluding hydrogens is 350 g/mol. The van der Waals surface area contributed by atoms with Crippen LogP contribution in [0, 0.1) is 0 Å². The Kier molecular flexibility index (Phi) is 4.22. The SMILES string of the molecule is O=C(c1cc(Br)cc(Br)c1)N1CCC[C@H]1CO. The van der Waals surface area contributed by atoms with E-state index in [2.05, 4.69) is 31.9 Å². The highest BCUT2D eigenvalue weighted by atomic mass is 79.9. The summed E-state index contributed by atoms with van der Waals surface area (Å²) in [5.41, 5.74) is 0.645. The topological polar surface area (TPSA) is 40.5 Å². The Morgan fingerprint density at radius 2 is 2.00 bits per heavy atom. The van der Waals surface area contributed by atoms with Crippen molar-refractivity contribution in [3.63, 3.8) is 0 Å². The van der Waals surface area contributed by atoms with Crippen LogP contribution in [0.3, 0.4) is 0 Å². The molecule has 1 heterocycles. The Labute approximate surface area is 117 Å². The number of halogens is 2. The van der Waals surface area contributed by atoms with Crippen molar-refractivity contribution in [1.29, 1.82) is 0 Å². The van der Waals surface area contributed by atoms with Gasteiger partial charge in [-0.1, -0.05) is 31.9 Å². The third-order valence-electron chi connectivity index (χ3n) is 2.96. The number of benzene rings is 1. The highest BCUT2D eigenvalue weighted by molar-refractivity contribution is 9.11. The number of nitrogens with zero attached hydrogens (tertiary/aromatic N) is 1. The first-order valence-electron chi connectivity index (χ1n) is 5.49. The van der Waals surface area contributed by atoms with Gasteiger partial charge in [-0.15, -0.1) is 0 Å². The van der Waals surface area contributed by atoms with Crippen LogP contribution in [-0.4, -0.2) is 35.1 Å². The van der Waals surface area contributed by atoms with E-state index in [0.717, 1.165) is 28.3 Å². The van der Waals surface area contributed by atoms with Crippen LogP contribution in [0.4, 0.5) is 0 Å². The molecule has 1 aromatic rings. The molecule has 0 radical (unpaired) electrons. The highest BCUT2D eigenvalue weighted by Gasteiger charge is 2.28. The predicted molar refractivity (Wildman–Crippen MR) is 73.0 cm³/mol. The molecule has 0 aromatic heterocycles. The number of aliphatic hydroxyl groups excluding tert-OH is 1. The van der Waals surface area contributed by atoms with Crippen LogP contribution in [0.5, 0.6) is 0 Å². The third-order valence-corrected chi connectivity index (χ3v) is 3.87. The number of amides is 1. The maximum Gasteiger partial charge on any atom is 0.254 e. The zero-order valence-corrected chi connectivity index (χ0v) is 12.4.